The van der Waals surface area contributed by atoms with E-state index >= 15 is 0 Å². The van der Waals surface area contributed by atoms with Crippen molar-refractivity contribution in [2.75, 3.05) is 5.32 Å². The summed E-state index contributed by atoms with van der Waals surface area (Å²) in [5, 5.41) is 26.3. The summed E-state index contributed by atoms with van der Waals surface area (Å²) in [6, 6.07) is 12.7. The first-order valence-electron chi connectivity index (χ1n) is 8.45. The fourth-order valence-corrected chi connectivity index (χ4v) is 3.14. The Morgan fingerprint density at radius 3 is 2.10 bits per heavy atom. The minimum Gasteiger partial charge on any atom is -0.322 e. The number of amides is 1. The van der Waals surface area contributed by atoms with Crippen molar-refractivity contribution >= 4 is 46.2 Å². The molecule has 0 aliphatic carbocycles. The van der Waals surface area contributed by atoms with E-state index < -0.39 is 27.1 Å². The van der Waals surface area contributed by atoms with Gasteiger partial charge in [-0.3, -0.25) is 29.8 Å². The van der Waals surface area contributed by atoms with E-state index in [9.17, 15) is 29.8 Å². The summed E-state index contributed by atoms with van der Waals surface area (Å²) in [6.45, 7) is 0. The summed E-state index contributed by atoms with van der Waals surface area (Å²) >= 11 is 1.35. The molecule has 10 heteroatoms. The number of nitrogens with zero attached hydrogens (tertiary/aromatic N) is 2. The topological polar surface area (TPSA) is 132 Å². The molecule has 150 valence electrons. The third kappa shape index (κ3) is 5.00. The number of ketones is 1. The first kappa shape index (κ1) is 20.6. The summed E-state index contributed by atoms with van der Waals surface area (Å²) in [6.07, 6.45) is 3.08. The van der Waals surface area contributed by atoms with Crippen LogP contribution in [0.5, 0.6) is 0 Å². The molecule has 3 aromatic rings. The number of hydrogen-bond acceptors (Lipinski definition) is 7. The Labute approximate surface area is 173 Å². The number of anilines is 1. The maximum absolute atomic E-state index is 12.4. The Bertz CT molecular complexity index is 1120. The number of nitrogens with one attached hydrogen (secondary N) is 1. The zero-order valence-electron chi connectivity index (χ0n) is 15.2. The maximum Gasteiger partial charge on any atom is 0.277 e. The average molecular weight is 423 g/mol. The smallest absolute Gasteiger partial charge is 0.277 e. The molecule has 9 nitrogen and oxygen atoms in total. The molecule has 0 aliphatic heterocycles. The Hall–Kier alpha value is -4.18. The van der Waals surface area contributed by atoms with Crippen molar-refractivity contribution in [3.05, 3.63) is 102 Å². The van der Waals surface area contributed by atoms with Gasteiger partial charge in [-0.25, -0.2) is 0 Å². The van der Waals surface area contributed by atoms with Crippen molar-refractivity contribution in [2.45, 2.75) is 0 Å². The van der Waals surface area contributed by atoms with Crippen LogP contribution in [0.25, 0.3) is 6.08 Å². The number of carbonyl (C=O) groups excluding carboxylic acids is 2. The van der Waals surface area contributed by atoms with Gasteiger partial charge in [-0.2, -0.15) is 0 Å². The molecular weight excluding hydrogens is 410 g/mol. The molecule has 30 heavy (non-hydrogen) atoms. The van der Waals surface area contributed by atoms with Crippen molar-refractivity contribution in [3.63, 3.8) is 0 Å². The quantitative estimate of drug-likeness (QED) is 0.253. The van der Waals surface area contributed by atoms with Crippen molar-refractivity contribution in [2.24, 2.45) is 0 Å². The molecule has 0 fully saturated rings. The molecule has 1 N–H and O–H groups in total. The summed E-state index contributed by atoms with van der Waals surface area (Å²) in [5.74, 6) is -0.840. The van der Waals surface area contributed by atoms with Gasteiger partial charge in [0.05, 0.1) is 26.4 Å². The first-order chi connectivity index (χ1) is 14.3. The van der Waals surface area contributed by atoms with Crippen LogP contribution in [0.15, 0.2) is 66.1 Å². The second-order valence-electron chi connectivity index (χ2n) is 6.00. The van der Waals surface area contributed by atoms with Gasteiger partial charge in [-0.1, -0.05) is 24.3 Å². The van der Waals surface area contributed by atoms with Crippen LogP contribution in [-0.2, 0) is 0 Å². The largest absolute Gasteiger partial charge is 0.322 e. The molecule has 2 aromatic carbocycles. The molecule has 3 rings (SSSR count). The van der Waals surface area contributed by atoms with Gasteiger partial charge >= 0.3 is 0 Å². The van der Waals surface area contributed by atoms with Gasteiger partial charge in [-0.15, -0.1) is 11.3 Å². The second kappa shape index (κ2) is 8.88. The van der Waals surface area contributed by atoms with E-state index in [4.69, 9.17) is 0 Å². The number of benzene rings is 2. The van der Waals surface area contributed by atoms with Crippen LogP contribution < -0.4 is 5.32 Å². The second-order valence-corrected chi connectivity index (χ2v) is 6.95. The first-order valence-corrected chi connectivity index (χ1v) is 9.32. The number of nitro groups is 2. The number of non-ortho nitro benzene ring substituents is 2. The number of thiophene rings is 1. The van der Waals surface area contributed by atoms with E-state index in [0.29, 0.717) is 10.6 Å². The minimum atomic E-state index is -0.803. The molecule has 0 atom stereocenters. The van der Waals surface area contributed by atoms with Gasteiger partial charge in [-0.05, 0) is 35.2 Å². The zero-order valence-corrected chi connectivity index (χ0v) is 16.0. The van der Waals surface area contributed by atoms with Crippen LogP contribution in [0.2, 0.25) is 0 Å². The van der Waals surface area contributed by atoms with Crippen LogP contribution in [0, 0.1) is 20.2 Å². The molecule has 0 bridgehead atoms. The molecule has 1 aromatic heterocycles. The van der Waals surface area contributed by atoms with Crippen molar-refractivity contribution in [1.29, 1.82) is 0 Å². The highest BCUT2D eigenvalue weighted by Gasteiger charge is 2.20. The summed E-state index contributed by atoms with van der Waals surface area (Å²) in [4.78, 5) is 45.3. The van der Waals surface area contributed by atoms with Gasteiger partial charge in [0.2, 0.25) is 0 Å². The van der Waals surface area contributed by atoms with Crippen LogP contribution in [-0.4, -0.2) is 21.5 Å². The molecule has 1 heterocycles. The molecule has 1 amide bonds. The lowest BCUT2D eigenvalue weighted by atomic mass is 10.1. The van der Waals surface area contributed by atoms with Crippen LogP contribution in [0.4, 0.5) is 17.1 Å². The van der Waals surface area contributed by atoms with Gasteiger partial charge < -0.3 is 5.32 Å². The summed E-state index contributed by atoms with van der Waals surface area (Å²) in [7, 11) is 0. The molecule has 0 radical (unpaired) electrons. The Kier molecular flexibility index (Phi) is 6.08. The maximum atomic E-state index is 12.4. The third-order valence-corrected chi connectivity index (χ3v) is 4.83. The average Bonchev–Trinajstić information content (AvgIpc) is 3.27. The normalized spacial score (nSPS) is 10.7. The minimum absolute atomic E-state index is 0.116. The molecule has 0 saturated heterocycles. The number of nitro benzene ring substituents is 2. The highest BCUT2D eigenvalue weighted by atomic mass is 32.1. The highest BCUT2D eigenvalue weighted by molar-refractivity contribution is 7.12. The van der Waals surface area contributed by atoms with Crippen molar-refractivity contribution in [1.82, 2.24) is 0 Å². The van der Waals surface area contributed by atoms with E-state index in [1.165, 1.54) is 17.4 Å². The van der Waals surface area contributed by atoms with E-state index in [2.05, 4.69) is 5.32 Å². The highest BCUT2D eigenvalue weighted by Crippen LogP contribution is 2.23. The fourth-order valence-electron chi connectivity index (χ4n) is 2.49. The number of allylic oxidation sites excluding steroid dienone is 1. The molecule has 0 saturated carbocycles. The lowest BCUT2D eigenvalue weighted by Gasteiger charge is -2.06. The third-order valence-electron chi connectivity index (χ3n) is 3.95. The summed E-state index contributed by atoms with van der Waals surface area (Å²) in [5.41, 5.74) is -0.198. The standard InChI is InChI=1S/C20H13N3O6S/c24-18(19-2-1-9-30-19)8-5-13-3-6-15(7-4-13)21-20(25)14-10-16(22(26)27)12-17(11-14)23(28)29/h1-12H,(H,21,25). The predicted molar refractivity (Wildman–Crippen MR) is 112 cm³/mol. The van der Waals surface area contributed by atoms with Gasteiger partial charge in [0, 0.05) is 17.8 Å². The van der Waals surface area contributed by atoms with E-state index in [-0.39, 0.29) is 11.3 Å². The molecule has 0 aliphatic rings. The monoisotopic (exact) mass is 423 g/mol. The lowest BCUT2D eigenvalue weighted by molar-refractivity contribution is -0.394. The van der Waals surface area contributed by atoms with E-state index in [1.807, 2.05) is 5.38 Å². The number of hydrogen-bond donors (Lipinski definition) is 1. The van der Waals surface area contributed by atoms with Crippen LogP contribution >= 0.6 is 11.3 Å². The Morgan fingerprint density at radius 2 is 1.57 bits per heavy atom. The Morgan fingerprint density at radius 1 is 0.933 bits per heavy atom. The van der Waals surface area contributed by atoms with Crippen molar-refractivity contribution in [3.8, 4) is 0 Å². The summed E-state index contributed by atoms with van der Waals surface area (Å²) < 4.78 is 0. The molecule has 0 spiro atoms. The van der Waals surface area contributed by atoms with Crippen LogP contribution in [0.3, 0.4) is 0 Å². The zero-order chi connectivity index (χ0) is 21.7. The predicted octanol–water partition coefficient (Wildman–Crippen LogP) is 4.71. The van der Waals surface area contributed by atoms with E-state index in [1.54, 1.807) is 42.5 Å². The molecule has 0 unspecified atom stereocenters. The molecular formula is C20H13N3O6S. The number of rotatable bonds is 7. The lowest BCUT2D eigenvalue weighted by Crippen LogP contribution is -2.12. The van der Waals surface area contributed by atoms with Gasteiger partial charge in [0.25, 0.3) is 17.3 Å². The van der Waals surface area contributed by atoms with Crippen LogP contribution in [0.1, 0.15) is 25.6 Å². The van der Waals surface area contributed by atoms with E-state index in [0.717, 1.165) is 23.8 Å². The Balaban J connectivity index is 1.72. The SMILES string of the molecule is O=C(Nc1ccc(C=CC(=O)c2cccs2)cc1)c1cc([N+](=O)[O-])cc([N+](=O)[O-])c1. The van der Waals surface area contributed by atoms with Gasteiger partial charge in [0.1, 0.15) is 0 Å². The fraction of sp³-hybridized carbons (Fsp3) is 0. The van der Waals surface area contributed by atoms with Gasteiger partial charge in [0.15, 0.2) is 5.78 Å². The van der Waals surface area contributed by atoms with Crippen molar-refractivity contribution < 1.29 is 19.4 Å². The number of carbonyl (C=O) groups is 2.